The molecular weight excluding hydrogens is 346 g/mol. The number of rotatable bonds is 12. The highest BCUT2D eigenvalue weighted by Gasteiger charge is 2.56. The van der Waals surface area contributed by atoms with Crippen LogP contribution in [-0.4, -0.2) is 96.9 Å². The lowest BCUT2D eigenvalue weighted by Gasteiger charge is -2.41. The van der Waals surface area contributed by atoms with Crippen LogP contribution in [0.1, 0.15) is 13.8 Å². The number of fused-ring (bicyclic) bond motifs is 1. The summed E-state index contributed by atoms with van der Waals surface area (Å²) in [6, 6.07) is 0. The van der Waals surface area contributed by atoms with Gasteiger partial charge >= 0.3 is 0 Å². The zero-order valence-corrected chi connectivity index (χ0v) is 16.2. The molecule has 2 fully saturated rings. The zero-order valence-electron chi connectivity index (χ0n) is 16.2. The van der Waals surface area contributed by atoms with Crippen molar-refractivity contribution in [2.45, 2.75) is 50.3 Å². The van der Waals surface area contributed by atoms with Crippen LogP contribution in [0.2, 0.25) is 0 Å². The summed E-state index contributed by atoms with van der Waals surface area (Å²) in [6.07, 6.45) is -1.85. The van der Waals surface area contributed by atoms with Gasteiger partial charge in [-0.05, 0) is 13.8 Å². The van der Waals surface area contributed by atoms with Crippen LogP contribution in [-0.2, 0) is 37.9 Å². The first-order valence-corrected chi connectivity index (χ1v) is 9.02. The topological polar surface area (TPSA) is 99.9 Å². The molecule has 3 unspecified atom stereocenters. The third-order valence-electron chi connectivity index (χ3n) is 4.18. The highest BCUT2D eigenvalue weighted by atomic mass is 16.8. The summed E-state index contributed by atoms with van der Waals surface area (Å²) in [5, 5.41) is 0. The average molecular weight is 379 g/mol. The van der Waals surface area contributed by atoms with E-state index in [0.717, 1.165) is 0 Å². The van der Waals surface area contributed by atoms with Crippen molar-refractivity contribution in [3.63, 3.8) is 0 Å². The van der Waals surface area contributed by atoms with Gasteiger partial charge in [-0.3, -0.25) is 0 Å². The molecule has 0 aliphatic carbocycles. The number of hydrogen-bond donors (Lipinski definition) is 1. The van der Waals surface area contributed by atoms with E-state index >= 15 is 0 Å². The van der Waals surface area contributed by atoms with Gasteiger partial charge in [0.1, 0.15) is 24.4 Å². The summed E-state index contributed by atoms with van der Waals surface area (Å²) in [5.41, 5.74) is 5.35. The monoisotopic (exact) mass is 379 g/mol. The van der Waals surface area contributed by atoms with Gasteiger partial charge in [-0.2, -0.15) is 0 Å². The second-order valence-electron chi connectivity index (χ2n) is 6.65. The first-order valence-electron chi connectivity index (χ1n) is 9.02. The highest BCUT2D eigenvalue weighted by Crippen LogP contribution is 2.38. The standard InChI is InChI=1S/C17H33NO8/c1-17(2)25-14-13(20-4)12(11-19-3)24-16(15(14)26-17)23-10-9-22-8-7-21-6-5-18/h12-16H,5-11,18H2,1-4H3/t12?,13-,14?,15?,16+/m1/s1. The van der Waals surface area contributed by atoms with Gasteiger partial charge in [0, 0.05) is 20.8 Å². The summed E-state index contributed by atoms with van der Waals surface area (Å²) in [7, 11) is 3.25. The summed E-state index contributed by atoms with van der Waals surface area (Å²) in [6.45, 7) is 6.95. The predicted octanol–water partition coefficient (Wildman–Crippen LogP) is -0.0987. The maximum atomic E-state index is 6.03. The van der Waals surface area contributed by atoms with E-state index in [4.69, 9.17) is 43.6 Å². The molecule has 0 aromatic rings. The SMILES string of the molecule is COCC1O[C@H](OCCOCCOCCN)C2OC(C)(C)OC2[C@@H]1OC. The van der Waals surface area contributed by atoms with E-state index in [2.05, 4.69) is 0 Å². The van der Waals surface area contributed by atoms with Gasteiger partial charge in [0.25, 0.3) is 0 Å². The molecule has 2 aliphatic heterocycles. The van der Waals surface area contributed by atoms with Crippen LogP contribution in [0.15, 0.2) is 0 Å². The van der Waals surface area contributed by atoms with E-state index in [1.807, 2.05) is 13.8 Å². The largest absolute Gasteiger partial charge is 0.382 e. The Hall–Kier alpha value is -0.360. The molecular formula is C17H33NO8. The number of nitrogens with two attached hydrogens (primary N) is 1. The fourth-order valence-electron chi connectivity index (χ4n) is 3.17. The lowest BCUT2D eigenvalue weighted by molar-refractivity contribution is -0.286. The van der Waals surface area contributed by atoms with Crippen LogP contribution in [0.3, 0.4) is 0 Å². The number of methoxy groups -OCH3 is 2. The van der Waals surface area contributed by atoms with Crippen LogP contribution in [0.4, 0.5) is 0 Å². The Balaban J connectivity index is 1.82. The van der Waals surface area contributed by atoms with Crippen LogP contribution >= 0.6 is 0 Å². The molecule has 2 rings (SSSR count). The average Bonchev–Trinajstić information content (AvgIpc) is 2.92. The van der Waals surface area contributed by atoms with E-state index in [-0.39, 0.29) is 24.4 Å². The first kappa shape index (κ1) is 21.9. The Morgan fingerprint density at radius 2 is 1.58 bits per heavy atom. The fourth-order valence-corrected chi connectivity index (χ4v) is 3.17. The molecule has 9 heteroatoms. The van der Waals surface area contributed by atoms with Gasteiger partial charge in [-0.25, -0.2) is 0 Å². The molecule has 0 spiro atoms. The second-order valence-corrected chi connectivity index (χ2v) is 6.65. The number of hydrogen-bond acceptors (Lipinski definition) is 9. The molecule has 2 aliphatic rings. The molecule has 9 nitrogen and oxygen atoms in total. The molecule has 0 aromatic heterocycles. The van der Waals surface area contributed by atoms with Gasteiger partial charge in [0.2, 0.25) is 0 Å². The third-order valence-corrected chi connectivity index (χ3v) is 4.18. The lowest BCUT2D eigenvalue weighted by atomic mass is 9.99. The quantitative estimate of drug-likeness (QED) is 0.466. The van der Waals surface area contributed by atoms with Crippen LogP contribution < -0.4 is 5.73 Å². The van der Waals surface area contributed by atoms with Crippen molar-refractivity contribution in [3.05, 3.63) is 0 Å². The van der Waals surface area contributed by atoms with Gasteiger partial charge in [0.15, 0.2) is 12.1 Å². The van der Waals surface area contributed by atoms with E-state index in [0.29, 0.717) is 46.2 Å². The van der Waals surface area contributed by atoms with E-state index < -0.39 is 12.1 Å². The predicted molar refractivity (Wildman–Crippen MR) is 91.8 cm³/mol. The molecule has 2 heterocycles. The molecule has 0 aromatic carbocycles. The van der Waals surface area contributed by atoms with Crippen LogP contribution in [0, 0.1) is 0 Å². The Morgan fingerprint density at radius 1 is 0.923 bits per heavy atom. The molecule has 2 saturated heterocycles. The summed E-state index contributed by atoms with van der Waals surface area (Å²) >= 11 is 0. The molecule has 0 bridgehead atoms. The summed E-state index contributed by atoms with van der Waals surface area (Å²) in [5.74, 6) is -0.726. The molecule has 0 radical (unpaired) electrons. The van der Waals surface area contributed by atoms with Crippen molar-refractivity contribution in [1.82, 2.24) is 0 Å². The minimum atomic E-state index is -0.726. The molecule has 0 amide bonds. The smallest absolute Gasteiger partial charge is 0.187 e. The second kappa shape index (κ2) is 10.8. The maximum Gasteiger partial charge on any atom is 0.187 e. The third kappa shape index (κ3) is 6.08. The normalized spacial score (nSPS) is 33.3. The lowest BCUT2D eigenvalue weighted by Crippen LogP contribution is -2.58. The molecule has 2 N–H and O–H groups in total. The Kier molecular flexibility index (Phi) is 9.15. The molecule has 0 saturated carbocycles. The Bertz CT molecular complexity index is 397. The van der Waals surface area contributed by atoms with Crippen LogP contribution in [0.5, 0.6) is 0 Å². The minimum absolute atomic E-state index is 0.292. The fraction of sp³-hybridized carbons (Fsp3) is 1.00. The van der Waals surface area contributed by atoms with Gasteiger partial charge in [-0.1, -0.05) is 0 Å². The van der Waals surface area contributed by atoms with Crippen molar-refractivity contribution in [2.75, 3.05) is 60.4 Å². The van der Waals surface area contributed by atoms with Crippen molar-refractivity contribution >= 4 is 0 Å². The van der Waals surface area contributed by atoms with Gasteiger partial charge < -0.3 is 43.6 Å². The number of ether oxygens (including phenoxy) is 8. The van der Waals surface area contributed by atoms with Crippen molar-refractivity contribution < 1.29 is 37.9 Å². The van der Waals surface area contributed by atoms with E-state index in [1.165, 1.54) is 0 Å². The highest BCUT2D eigenvalue weighted by molar-refractivity contribution is 4.97. The molecule has 154 valence electrons. The first-order chi connectivity index (χ1) is 12.5. The summed E-state index contributed by atoms with van der Waals surface area (Å²) < 4.78 is 45.4. The van der Waals surface area contributed by atoms with Crippen molar-refractivity contribution in [1.29, 1.82) is 0 Å². The van der Waals surface area contributed by atoms with Crippen molar-refractivity contribution in [3.8, 4) is 0 Å². The minimum Gasteiger partial charge on any atom is -0.382 e. The van der Waals surface area contributed by atoms with Gasteiger partial charge in [0.05, 0.1) is 39.6 Å². The van der Waals surface area contributed by atoms with Crippen LogP contribution in [0.25, 0.3) is 0 Å². The van der Waals surface area contributed by atoms with E-state index in [9.17, 15) is 0 Å². The molecule has 26 heavy (non-hydrogen) atoms. The van der Waals surface area contributed by atoms with E-state index in [1.54, 1.807) is 14.2 Å². The molecule has 5 atom stereocenters. The zero-order chi connectivity index (χ0) is 19.0. The van der Waals surface area contributed by atoms with Crippen molar-refractivity contribution in [2.24, 2.45) is 5.73 Å². The Labute approximate surface area is 155 Å². The summed E-state index contributed by atoms with van der Waals surface area (Å²) in [4.78, 5) is 0. The van der Waals surface area contributed by atoms with Gasteiger partial charge in [-0.15, -0.1) is 0 Å². The Morgan fingerprint density at radius 3 is 2.23 bits per heavy atom. The maximum absolute atomic E-state index is 6.03.